The Morgan fingerprint density at radius 2 is 1.92 bits per heavy atom. The molecule has 0 unspecified atom stereocenters. The molecule has 1 spiro atoms. The number of rotatable bonds is 0. The van der Waals surface area contributed by atoms with Crippen LogP contribution in [0.15, 0.2) is 24.3 Å². The summed E-state index contributed by atoms with van der Waals surface area (Å²) in [4.78, 5) is 0. The third kappa shape index (κ3) is 1.56. The predicted octanol–water partition coefficient (Wildman–Crippen LogP) is 2.27. The summed E-state index contributed by atoms with van der Waals surface area (Å²) in [6, 6.07) is 0. The predicted molar refractivity (Wildman–Crippen MR) is 51.3 cm³/mol. The molecule has 0 amide bonds. The van der Waals surface area contributed by atoms with E-state index in [9.17, 15) is 0 Å². The fourth-order valence-corrected chi connectivity index (χ4v) is 1.91. The fourth-order valence-electron chi connectivity index (χ4n) is 1.91. The van der Waals surface area contributed by atoms with E-state index in [0.29, 0.717) is 0 Å². The van der Waals surface area contributed by atoms with E-state index in [1.165, 1.54) is 0 Å². The van der Waals surface area contributed by atoms with Gasteiger partial charge in [0, 0.05) is 0 Å². The Bertz CT molecular complexity index is 230. The van der Waals surface area contributed by atoms with Gasteiger partial charge in [-0.15, -0.1) is 0 Å². The third-order valence-electron chi connectivity index (χ3n) is 2.85. The quantitative estimate of drug-likeness (QED) is 0.532. The van der Waals surface area contributed by atoms with Gasteiger partial charge < -0.3 is 9.47 Å². The molecule has 0 saturated carbocycles. The molecule has 2 aliphatic rings. The van der Waals surface area contributed by atoms with Crippen molar-refractivity contribution in [2.45, 2.75) is 32.7 Å². The summed E-state index contributed by atoms with van der Waals surface area (Å²) in [7, 11) is 0. The zero-order valence-electron chi connectivity index (χ0n) is 8.19. The van der Waals surface area contributed by atoms with Crippen molar-refractivity contribution in [3.05, 3.63) is 24.3 Å². The van der Waals surface area contributed by atoms with Gasteiger partial charge >= 0.3 is 0 Å². The monoisotopic (exact) mass is 180 g/mol. The highest BCUT2D eigenvalue weighted by molar-refractivity contribution is 5.20. The van der Waals surface area contributed by atoms with E-state index < -0.39 is 0 Å². The lowest BCUT2D eigenvalue weighted by atomic mass is 9.79. The van der Waals surface area contributed by atoms with Crippen LogP contribution in [0.1, 0.15) is 20.3 Å². The Morgan fingerprint density at radius 1 is 1.23 bits per heavy atom. The highest BCUT2D eigenvalue weighted by Crippen LogP contribution is 2.36. The summed E-state index contributed by atoms with van der Waals surface area (Å²) in [5.41, 5.74) is -0.00917. The molecule has 2 nitrogen and oxygen atoms in total. The van der Waals surface area contributed by atoms with Gasteiger partial charge in [0.05, 0.1) is 18.1 Å². The second-order valence-corrected chi connectivity index (χ2v) is 3.81. The molecular formula is C11H16O2. The minimum absolute atomic E-state index is 0.00917. The van der Waals surface area contributed by atoms with Crippen LogP contribution in [-0.4, -0.2) is 19.0 Å². The number of hydrogen-bond donors (Lipinski definition) is 0. The first-order valence-electron chi connectivity index (χ1n) is 4.85. The van der Waals surface area contributed by atoms with Gasteiger partial charge in [-0.3, -0.25) is 0 Å². The SMILES string of the molecule is C[C@H]1OCC2(C=CCC=C2)[C@@H](C)O1. The number of hydrogen-bond acceptors (Lipinski definition) is 2. The van der Waals surface area contributed by atoms with Gasteiger partial charge in [0.25, 0.3) is 0 Å². The van der Waals surface area contributed by atoms with Crippen molar-refractivity contribution in [1.29, 1.82) is 0 Å². The van der Waals surface area contributed by atoms with E-state index in [1.54, 1.807) is 0 Å². The highest BCUT2D eigenvalue weighted by Gasteiger charge is 2.38. The summed E-state index contributed by atoms with van der Waals surface area (Å²) < 4.78 is 11.2. The smallest absolute Gasteiger partial charge is 0.155 e. The lowest BCUT2D eigenvalue weighted by Crippen LogP contribution is -2.45. The average molecular weight is 180 g/mol. The first-order chi connectivity index (χ1) is 6.23. The first-order valence-corrected chi connectivity index (χ1v) is 4.85. The van der Waals surface area contributed by atoms with E-state index in [1.807, 2.05) is 6.92 Å². The van der Waals surface area contributed by atoms with Crippen LogP contribution in [0.4, 0.5) is 0 Å². The maximum Gasteiger partial charge on any atom is 0.155 e. The van der Waals surface area contributed by atoms with E-state index in [4.69, 9.17) is 9.47 Å². The Hall–Kier alpha value is -0.600. The number of allylic oxidation sites excluding steroid dienone is 2. The third-order valence-corrected chi connectivity index (χ3v) is 2.85. The summed E-state index contributed by atoms with van der Waals surface area (Å²) in [6.45, 7) is 4.79. The summed E-state index contributed by atoms with van der Waals surface area (Å²) in [5, 5.41) is 0. The normalized spacial score (nSPS) is 36.8. The minimum atomic E-state index is -0.0654. The maximum atomic E-state index is 5.65. The minimum Gasteiger partial charge on any atom is -0.352 e. The molecule has 1 aliphatic heterocycles. The topological polar surface area (TPSA) is 18.5 Å². The molecule has 0 radical (unpaired) electrons. The van der Waals surface area contributed by atoms with Crippen LogP contribution in [-0.2, 0) is 9.47 Å². The fraction of sp³-hybridized carbons (Fsp3) is 0.636. The Balaban J connectivity index is 2.17. The molecule has 72 valence electrons. The van der Waals surface area contributed by atoms with Crippen LogP contribution < -0.4 is 0 Å². The van der Waals surface area contributed by atoms with Gasteiger partial charge in [-0.05, 0) is 20.3 Å². The molecular weight excluding hydrogens is 164 g/mol. The zero-order valence-corrected chi connectivity index (χ0v) is 8.19. The molecule has 1 fully saturated rings. The molecule has 13 heavy (non-hydrogen) atoms. The van der Waals surface area contributed by atoms with E-state index in [0.717, 1.165) is 13.0 Å². The van der Waals surface area contributed by atoms with Crippen molar-refractivity contribution >= 4 is 0 Å². The van der Waals surface area contributed by atoms with Gasteiger partial charge in [0.15, 0.2) is 6.29 Å². The molecule has 0 aromatic heterocycles. The van der Waals surface area contributed by atoms with Crippen molar-refractivity contribution in [3.8, 4) is 0 Å². The summed E-state index contributed by atoms with van der Waals surface area (Å²) >= 11 is 0. The van der Waals surface area contributed by atoms with E-state index >= 15 is 0 Å². The molecule has 0 aromatic rings. The standard InChI is InChI=1S/C11H16O2/c1-9-11(6-4-3-5-7-11)8-12-10(2)13-9/h4-7,9-10H,3,8H2,1-2H3/t9-,10+/m1/s1. The van der Waals surface area contributed by atoms with Crippen LogP contribution >= 0.6 is 0 Å². The second-order valence-electron chi connectivity index (χ2n) is 3.81. The zero-order chi connectivity index (χ0) is 9.31. The molecule has 1 saturated heterocycles. The van der Waals surface area contributed by atoms with Crippen LogP contribution in [0.2, 0.25) is 0 Å². The molecule has 2 rings (SSSR count). The molecule has 2 atom stereocenters. The largest absolute Gasteiger partial charge is 0.352 e. The summed E-state index contributed by atoms with van der Waals surface area (Å²) in [6.07, 6.45) is 9.96. The molecule has 1 aliphatic carbocycles. The van der Waals surface area contributed by atoms with Gasteiger partial charge in [0.1, 0.15) is 0 Å². The Kier molecular flexibility index (Phi) is 2.26. The summed E-state index contributed by atoms with van der Waals surface area (Å²) in [5.74, 6) is 0. The van der Waals surface area contributed by atoms with Crippen molar-refractivity contribution < 1.29 is 9.47 Å². The lowest BCUT2D eigenvalue weighted by molar-refractivity contribution is -0.232. The van der Waals surface area contributed by atoms with Crippen LogP contribution in [0.3, 0.4) is 0 Å². The average Bonchev–Trinajstić information content (AvgIpc) is 2.14. The Labute approximate surface area is 79.2 Å². The molecule has 2 heteroatoms. The van der Waals surface area contributed by atoms with Gasteiger partial charge in [-0.1, -0.05) is 24.3 Å². The van der Waals surface area contributed by atoms with E-state index in [2.05, 4.69) is 31.2 Å². The molecule has 1 heterocycles. The van der Waals surface area contributed by atoms with Crippen molar-refractivity contribution in [2.75, 3.05) is 6.61 Å². The Morgan fingerprint density at radius 3 is 2.54 bits per heavy atom. The second kappa shape index (κ2) is 3.28. The van der Waals surface area contributed by atoms with Crippen molar-refractivity contribution in [2.24, 2.45) is 5.41 Å². The first kappa shape index (κ1) is 8.97. The van der Waals surface area contributed by atoms with Gasteiger partial charge in [-0.25, -0.2) is 0 Å². The van der Waals surface area contributed by atoms with Crippen LogP contribution in [0.5, 0.6) is 0 Å². The van der Waals surface area contributed by atoms with Crippen molar-refractivity contribution in [3.63, 3.8) is 0 Å². The van der Waals surface area contributed by atoms with Crippen LogP contribution in [0.25, 0.3) is 0 Å². The molecule has 0 N–H and O–H groups in total. The van der Waals surface area contributed by atoms with Gasteiger partial charge in [0.2, 0.25) is 0 Å². The highest BCUT2D eigenvalue weighted by atomic mass is 16.7. The molecule has 0 aromatic carbocycles. The van der Waals surface area contributed by atoms with E-state index in [-0.39, 0.29) is 17.8 Å². The van der Waals surface area contributed by atoms with Gasteiger partial charge in [-0.2, -0.15) is 0 Å². The van der Waals surface area contributed by atoms with Crippen molar-refractivity contribution in [1.82, 2.24) is 0 Å². The maximum absolute atomic E-state index is 5.65. The lowest BCUT2D eigenvalue weighted by Gasteiger charge is -2.41. The molecule has 0 bridgehead atoms. The van der Waals surface area contributed by atoms with Crippen LogP contribution in [0, 0.1) is 5.41 Å². The number of ether oxygens (including phenoxy) is 2.